The topological polar surface area (TPSA) is 60.9 Å². The van der Waals surface area contributed by atoms with Crippen LogP contribution in [0.25, 0.3) is 0 Å². The Bertz CT molecular complexity index is 1050. The smallest absolute Gasteiger partial charge is 0.326 e. The van der Waals surface area contributed by atoms with Crippen molar-refractivity contribution >= 4 is 27.5 Å². The number of carbonyl (C=O) groups excluding carboxylic acids is 1. The number of amides is 1. The van der Waals surface area contributed by atoms with E-state index >= 15 is 0 Å². The normalized spacial score (nSPS) is 19.1. The summed E-state index contributed by atoms with van der Waals surface area (Å²) in [6.45, 7) is 7.54. The fraction of sp³-hybridized carbons (Fsp3) is 0.435. The van der Waals surface area contributed by atoms with Crippen molar-refractivity contribution in [2.24, 2.45) is 0 Å². The van der Waals surface area contributed by atoms with Crippen molar-refractivity contribution in [2.45, 2.75) is 45.1 Å². The van der Waals surface area contributed by atoms with Crippen LogP contribution in [0.3, 0.4) is 0 Å². The van der Waals surface area contributed by atoms with E-state index in [1.807, 2.05) is 53.4 Å². The van der Waals surface area contributed by atoms with Crippen LogP contribution in [0.4, 0.5) is 11.4 Å². The van der Waals surface area contributed by atoms with E-state index in [1.54, 1.807) is 11.4 Å². The average Bonchev–Trinajstić information content (AvgIpc) is 2.93. The van der Waals surface area contributed by atoms with Gasteiger partial charge in [-0.1, -0.05) is 45.0 Å². The molecule has 0 radical (unpaired) electrons. The maximum Gasteiger partial charge on any atom is 0.326 e. The van der Waals surface area contributed by atoms with Gasteiger partial charge in [-0.3, -0.25) is 9.10 Å². The van der Waals surface area contributed by atoms with E-state index in [-0.39, 0.29) is 17.4 Å². The molecule has 1 saturated heterocycles. The quantitative estimate of drug-likeness (QED) is 0.733. The molecule has 4 rings (SSSR count). The molecule has 1 fully saturated rings. The number of likely N-dealkylation sites (tertiary alicyclic amines) is 1. The van der Waals surface area contributed by atoms with Crippen LogP contribution in [-0.4, -0.2) is 45.4 Å². The lowest BCUT2D eigenvalue weighted by Gasteiger charge is -2.37. The molecule has 0 bridgehead atoms. The van der Waals surface area contributed by atoms with Gasteiger partial charge in [0.1, 0.15) is 0 Å². The van der Waals surface area contributed by atoms with Gasteiger partial charge in [0.15, 0.2) is 0 Å². The molecule has 0 saturated carbocycles. The zero-order valence-corrected chi connectivity index (χ0v) is 18.8. The first kappa shape index (κ1) is 20.7. The summed E-state index contributed by atoms with van der Waals surface area (Å²) in [4.78, 5) is 14.8. The van der Waals surface area contributed by atoms with Crippen LogP contribution < -0.4 is 8.61 Å². The zero-order chi connectivity index (χ0) is 21.7. The minimum absolute atomic E-state index is 0.00991. The number of hydrogen-bond donors (Lipinski definition) is 0. The van der Waals surface area contributed by atoms with E-state index in [9.17, 15) is 13.2 Å². The summed E-state index contributed by atoms with van der Waals surface area (Å²) in [5, 5.41) is 0. The number of benzene rings is 2. The first-order valence-corrected chi connectivity index (χ1v) is 11.8. The standard InChI is InChI=1S/C23H29N3O3S/c1-23(2,3)18-11-9-17(10-12-18)22(27)25-15-13-19(14-16-25)26-21-8-6-5-7-20(21)24(4)30(26,28)29/h5-12,19H,13-16H2,1-4H3. The molecule has 2 aromatic rings. The molecule has 1 amide bonds. The second-order valence-corrected chi connectivity index (χ2v) is 10.9. The van der Waals surface area contributed by atoms with E-state index in [0.29, 0.717) is 37.2 Å². The number of carbonyl (C=O) groups is 1. The van der Waals surface area contributed by atoms with Crippen LogP contribution >= 0.6 is 0 Å². The van der Waals surface area contributed by atoms with Gasteiger partial charge in [-0.15, -0.1) is 0 Å². The lowest BCUT2D eigenvalue weighted by molar-refractivity contribution is 0.0715. The second kappa shape index (κ2) is 7.30. The van der Waals surface area contributed by atoms with Crippen LogP contribution in [-0.2, 0) is 15.6 Å². The number of hydrogen-bond acceptors (Lipinski definition) is 3. The number of fused-ring (bicyclic) bond motifs is 1. The average molecular weight is 428 g/mol. The van der Waals surface area contributed by atoms with E-state index in [0.717, 1.165) is 5.69 Å². The van der Waals surface area contributed by atoms with Crippen molar-refractivity contribution in [3.63, 3.8) is 0 Å². The maximum atomic E-state index is 13.0. The van der Waals surface area contributed by atoms with E-state index in [1.165, 1.54) is 9.87 Å². The number of anilines is 2. The van der Waals surface area contributed by atoms with Gasteiger partial charge < -0.3 is 4.90 Å². The highest BCUT2D eigenvalue weighted by Crippen LogP contribution is 2.42. The van der Waals surface area contributed by atoms with Crippen LogP contribution in [0.1, 0.15) is 49.5 Å². The Labute approximate surface area is 179 Å². The number of piperidine rings is 1. The molecular weight excluding hydrogens is 398 g/mol. The molecule has 2 aliphatic heterocycles. The van der Waals surface area contributed by atoms with Gasteiger partial charge >= 0.3 is 10.2 Å². The summed E-state index contributed by atoms with van der Waals surface area (Å²) in [7, 11) is -1.98. The van der Waals surface area contributed by atoms with Gasteiger partial charge in [-0.05, 0) is 48.1 Å². The molecule has 0 aromatic heterocycles. The van der Waals surface area contributed by atoms with Gasteiger partial charge in [-0.25, -0.2) is 4.31 Å². The molecule has 2 aliphatic rings. The lowest BCUT2D eigenvalue weighted by atomic mass is 9.86. The lowest BCUT2D eigenvalue weighted by Crippen LogP contribution is -2.49. The number of rotatable bonds is 2. The van der Waals surface area contributed by atoms with E-state index < -0.39 is 10.2 Å². The molecule has 30 heavy (non-hydrogen) atoms. The fourth-order valence-corrected chi connectivity index (χ4v) is 5.94. The zero-order valence-electron chi connectivity index (χ0n) is 18.0. The number of nitrogens with zero attached hydrogens (tertiary/aromatic N) is 3. The minimum atomic E-state index is -3.57. The van der Waals surface area contributed by atoms with Crippen molar-refractivity contribution < 1.29 is 13.2 Å². The number of para-hydroxylation sites is 2. The molecular formula is C23H29N3O3S. The summed E-state index contributed by atoms with van der Waals surface area (Å²) in [6.07, 6.45) is 1.24. The maximum absolute atomic E-state index is 13.0. The highest BCUT2D eigenvalue weighted by molar-refractivity contribution is 7.94. The van der Waals surface area contributed by atoms with Gasteiger partial charge in [-0.2, -0.15) is 8.42 Å². The Morgan fingerprint density at radius 2 is 1.50 bits per heavy atom. The Morgan fingerprint density at radius 1 is 0.933 bits per heavy atom. The summed E-state index contributed by atoms with van der Waals surface area (Å²) < 4.78 is 28.8. The molecule has 6 nitrogen and oxygen atoms in total. The van der Waals surface area contributed by atoms with Crippen LogP contribution in [0, 0.1) is 0 Å². The first-order valence-electron chi connectivity index (χ1n) is 10.4. The Balaban J connectivity index is 1.47. The summed E-state index contributed by atoms with van der Waals surface area (Å²) in [6, 6.07) is 15.1. The Morgan fingerprint density at radius 3 is 2.07 bits per heavy atom. The van der Waals surface area contributed by atoms with E-state index in [2.05, 4.69) is 20.8 Å². The van der Waals surface area contributed by atoms with Crippen molar-refractivity contribution in [3.8, 4) is 0 Å². The predicted molar refractivity (Wildman–Crippen MR) is 120 cm³/mol. The SMILES string of the molecule is CN1c2ccccc2N(C2CCN(C(=O)c3ccc(C(C)(C)C)cc3)CC2)S1(=O)=O. The Kier molecular flexibility index (Phi) is 5.04. The van der Waals surface area contributed by atoms with Crippen LogP contribution in [0.15, 0.2) is 48.5 Å². The van der Waals surface area contributed by atoms with Crippen LogP contribution in [0.5, 0.6) is 0 Å². The van der Waals surface area contributed by atoms with Gasteiger partial charge in [0, 0.05) is 25.7 Å². The molecule has 2 aromatic carbocycles. The molecule has 160 valence electrons. The fourth-order valence-electron chi connectivity index (χ4n) is 4.28. The summed E-state index contributed by atoms with van der Waals surface area (Å²) in [5.41, 5.74) is 3.35. The van der Waals surface area contributed by atoms with Gasteiger partial charge in [0.2, 0.25) is 0 Å². The highest BCUT2D eigenvalue weighted by Gasteiger charge is 2.43. The predicted octanol–water partition coefficient (Wildman–Crippen LogP) is 3.79. The largest absolute Gasteiger partial charge is 0.338 e. The molecule has 0 N–H and O–H groups in total. The minimum Gasteiger partial charge on any atom is -0.338 e. The van der Waals surface area contributed by atoms with Gasteiger partial charge in [0.05, 0.1) is 17.4 Å². The third kappa shape index (κ3) is 3.45. The molecule has 0 aliphatic carbocycles. The highest BCUT2D eigenvalue weighted by atomic mass is 32.2. The summed E-state index contributed by atoms with van der Waals surface area (Å²) in [5.74, 6) is 0.00991. The van der Waals surface area contributed by atoms with Crippen molar-refractivity contribution in [3.05, 3.63) is 59.7 Å². The van der Waals surface area contributed by atoms with E-state index in [4.69, 9.17) is 0 Å². The van der Waals surface area contributed by atoms with Gasteiger partial charge in [0.25, 0.3) is 5.91 Å². The first-order chi connectivity index (χ1) is 14.1. The molecule has 0 spiro atoms. The summed E-state index contributed by atoms with van der Waals surface area (Å²) >= 11 is 0. The Hall–Kier alpha value is -2.54. The molecule has 0 unspecified atom stereocenters. The third-order valence-electron chi connectivity index (χ3n) is 6.13. The van der Waals surface area contributed by atoms with Crippen molar-refractivity contribution in [1.29, 1.82) is 0 Å². The molecule has 2 heterocycles. The molecule has 7 heteroatoms. The van der Waals surface area contributed by atoms with Crippen LogP contribution in [0.2, 0.25) is 0 Å². The molecule has 0 atom stereocenters. The van der Waals surface area contributed by atoms with Crippen molar-refractivity contribution in [2.75, 3.05) is 28.7 Å². The van der Waals surface area contributed by atoms with Crippen molar-refractivity contribution in [1.82, 2.24) is 4.90 Å². The monoisotopic (exact) mass is 427 g/mol. The second-order valence-electron chi connectivity index (χ2n) is 9.11. The third-order valence-corrected chi connectivity index (χ3v) is 8.02.